The first-order valence-corrected chi connectivity index (χ1v) is 6.22. The summed E-state index contributed by atoms with van der Waals surface area (Å²) in [6.45, 7) is 0. The Kier molecular flexibility index (Phi) is 1.87. The quantitative estimate of drug-likeness (QED) is 0.499. The van der Waals surface area contributed by atoms with Gasteiger partial charge in [-0.2, -0.15) is 0 Å². The van der Waals surface area contributed by atoms with Crippen LogP contribution in [0.5, 0.6) is 0 Å². The Balaban J connectivity index is 1.93. The van der Waals surface area contributed by atoms with Crippen LogP contribution >= 0.6 is 0 Å². The van der Waals surface area contributed by atoms with Crippen LogP contribution in [-0.4, -0.2) is 0 Å². The van der Waals surface area contributed by atoms with Crippen molar-refractivity contribution in [3.63, 3.8) is 0 Å². The van der Waals surface area contributed by atoms with Crippen LogP contribution in [0.4, 0.5) is 0 Å². The average Bonchev–Trinajstić information content (AvgIpc) is 2.30. The fraction of sp³-hybridized carbons (Fsp3) is 0.714. The predicted octanol–water partition coefficient (Wildman–Crippen LogP) is 4.23. The lowest BCUT2D eigenvalue weighted by atomic mass is 9.44. The van der Waals surface area contributed by atoms with Gasteiger partial charge in [-0.25, -0.2) is 0 Å². The van der Waals surface area contributed by atoms with E-state index in [4.69, 9.17) is 0 Å². The van der Waals surface area contributed by atoms with Crippen LogP contribution in [0.15, 0.2) is 24.3 Å². The van der Waals surface area contributed by atoms with E-state index < -0.39 is 0 Å². The molecule has 0 saturated heterocycles. The number of rotatable bonds is 0. The molecular formula is C14H20. The Morgan fingerprint density at radius 2 is 1.14 bits per heavy atom. The fourth-order valence-electron chi connectivity index (χ4n) is 3.87. The highest BCUT2D eigenvalue weighted by molar-refractivity contribution is 5.25. The molecule has 0 aromatic rings. The van der Waals surface area contributed by atoms with Gasteiger partial charge in [0.1, 0.15) is 0 Å². The summed E-state index contributed by atoms with van der Waals surface area (Å²) in [6, 6.07) is 0. The van der Waals surface area contributed by atoms with Gasteiger partial charge < -0.3 is 0 Å². The van der Waals surface area contributed by atoms with E-state index in [1.54, 1.807) is 0 Å². The van der Waals surface area contributed by atoms with E-state index in [0.717, 1.165) is 0 Å². The van der Waals surface area contributed by atoms with Gasteiger partial charge in [0.05, 0.1) is 0 Å². The van der Waals surface area contributed by atoms with Crippen LogP contribution in [0.1, 0.15) is 51.4 Å². The summed E-state index contributed by atoms with van der Waals surface area (Å²) in [5.74, 6) is 0. The Hall–Kier alpha value is -0.520. The number of hydrogen-bond donors (Lipinski definition) is 0. The second-order valence-corrected chi connectivity index (χ2v) is 5.40. The summed E-state index contributed by atoms with van der Waals surface area (Å²) >= 11 is 0. The van der Waals surface area contributed by atoms with Gasteiger partial charge in [0.15, 0.2) is 0 Å². The molecular weight excluding hydrogens is 168 g/mol. The zero-order valence-corrected chi connectivity index (χ0v) is 8.97. The molecule has 0 heterocycles. The summed E-state index contributed by atoms with van der Waals surface area (Å²) in [5.41, 5.74) is 1.20. The molecule has 0 radical (unpaired) electrons. The van der Waals surface area contributed by atoms with E-state index in [0.29, 0.717) is 10.8 Å². The summed E-state index contributed by atoms with van der Waals surface area (Å²) in [7, 11) is 0. The number of hydrogen-bond acceptors (Lipinski definition) is 0. The normalized spacial score (nSPS) is 45.7. The maximum absolute atomic E-state index is 2.57. The highest BCUT2D eigenvalue weighted by Crippen LogP contribution is 2.65. The van der Waals surface area contributed by atoms with Crippen LogP contribution in [0.25, 0.3) is 0 Å². The van der Waals surface area contributed by atoms with Crippen molar-refractivity contribution in [2.24, 2.45) is 10.8 Å². The largest absolute Gasteiger partial charge is 0.0879 e. The van der Waals surface area contributed by atoms with E-state index >= 15 is 0 Å². The molecule has 0 bridgehead atoms. The van der Waals surface area contributed by atoms with Crippen LogP contribution in [0.2, 0.25) is 0 Å². The summed E-state index contributed by atoms with van der Waals surface area (Å²) in [5, 5.41) is 0. The van der Waals surface area contributed by atoms with Gasteiger partial charge in [0.2, 0.25) is 0 Å². The third-order valence-corrected chi connectivity index (χ3v) is 4.87. The standard InChI is InChI=1S/C14H20/c1-3-7-13(8-4-1)11-12-14(13)9-5-2-6-10-14/h3,5,7,9H,1-2,4,6,8,10-12H2/t13-,14+. The smallest absolute Gasteiger partial charge is 0.00269 e. The van der Waals surface area contributed by atoms with E-state index in [1.165, 1.54) is 51.4 Å². The minimum absolute atomic E-state index is 0.599. The third-order valence-electron chi connectivity index (χ3n) is 4.87. The number of allylic oxidation sites excluding steroid dienone is 4. The summed E-state index contributed by atoms with van der Waals surface area (Å²) in [6.07, 6.45) is 21.3. The Morgan fingerprint density at radius 3 is 1.43 bits per heavy atom. The molecule has 3 aliphatic rings. The van der Waals surface area contributed by atoms with Gasteiger partial charge in [-0.05, 0) is 62.2 Å². The fourth-order valence-corrected chi connectivity index (χ4v) is 3.87. The molecule has 0 N–H and O–H groups in total. The van der Waals surface area contributed by atoms with Crippen molar-refractivity contribution in [1.82, 2.24) is 0 Å². The molecule has 14 heavy (non-hydrogen) atoms. The van der Waals surface area contributed by atoms with Crippen molar-refractivity contribution < 1.29 is 0 Å². The molecule has 1 saturated carbocycles. The first-order valence-electron chi connectivity index (χ1n) is 6.22. The van der Waals surface area contributed by atoms with E-state index in [2.05, 4.69) is 24.3 Å². The Morgan fingerprint density at radius 1 is 0.643 bits per heavy atom. The van der Waals surface area contributed by atoms with Gasteiger partial charge in [-0.1, -0.05) is 24.3 Å². The molecule has 0 unspecified atom stereocenters. The second kappa shape index (κ2) is 2.98. The minimum atomic E-state index is 0.599. The first kappa shape index (κ1) is 8.76. The molecule has 2 spiro atoms. The molecule has 0 aliphatic heterocycles. The lowest BCUT2D eigenvalue weighted by molar-refractivity contribution is -0.0200. The molecule has 1 fully saturated rings. The molecule has 0 heteroatoms. The molecule has 76 valence electrons. The van der Waals surface area contributed by atoms with Crippen molar-refractivity contribution in [1.29, 1.82) is 0 Å². The van der Waals surface area contributed by atoms with Gasteiger partial charge in [0, 0.05) is 0 Å². The van der Waals surface area contributed by atoms with Crippen LogP contribution in [0, 0.1) is 10.8 Å². The molecule has 3 rings (SSSR count). The molecule has 0 aromatic carbocycles. The van der Waals surface area contributed by atoms with E-state index in [9.17, 15) is 0 Å². The zero-order chi connectivity index (χ0) is 9.49. The molecule has 0 nitrogen and oxygen atoms in total. The SMILES string of the molecule is C1=C[C@]2(CCC1)CC[C@]21C=CCCC1. The van der Waals surface area contributed by atoms with Crippen molar-refractivity contribution >= 4 is 0 Å². The number of fused-ring (bicyclic) bond motifs is 1. The Labute approximate surface area is 87.1 Å². The van der Waals surface area contributed by atoms with Crippen LogP contribution in [-0.2, 0) is 0 Å². The van der Waals surface area contributed by atoms with Crippen molar-refractivity contribution in [2.75, 3.05) is 0 Å². The lowest BCUT2D eigenvalue weighted by Crippen LogP contribution is -2.50. The maximum atomic E-state index is 2.57. The molecule has 0 amide bonds. The summed E-state index contributed by atoms with van der Waals surface area (Å²) < 4.78 is 0. The maximum Gasteiger partial charge on any atom is -0.00269 e. The highest BCUT2D eigenvalue weighted by atomic mass is 14.6. The minimum Gasteiger partial charge on any atom is -0.0879 e. The Bertz CT molecular complexity index is 256. The average molecular weight is 188 g/mol. The molecule has 3 aliphatic carbocycles. The monoisotopic (exact) mass is 188 g/mol. The second-order valence-electron chi connectivity index (χ2n) is 5.40. The van der Waals surface area contributed by atoms with E-state index in [-0.39, 0.29) is 0 Å². The van der Waals surface area contributed by atoms with Gasteiger partial charge in [-0.15, -0.1) is 0 Å². The van der Waals surface area contributed by atoms with Crippen molar-refractivity contribution in [3.8, 4) is 0 Å². The first-order chi connectivity index (χ1) is 6.87. The zero-order valence-electron chi connectivity index (χ0n) is 8.97. The predicted molar refractivity (Wildman–Crippen MR) is 60.1 cm³/mol. The van der Waals surface area contributed by atoms with E-state index in [1.807, 2.05) is 0 Å². The van der Waals surface area contributed by atoms with Crippen molar-refractivity contribution in [3.05, 3.63) is 24.3 Å². The van der Waals surface area contributed by atoms with Gasteiger partial charge >= 0.3 is 0 Å². The van der Waals surface area contributed by atoms with Gasteiger partial charge in [0.25, 0.3) is 0 Å². The van der Waals surface area contributed by atoms with Crippen LogP contribution < -0.4 is 0 Å². The van der Waals surface area contributed by atoms with Crippen LogP contribution in [0.3, 0.4) is 0 Å². The highest BCUT2D eigenvalue weighted by Gasteiger charge is 2.55. The van der Waals surface area contributed by atoms with Gasteiger partial charge in [-0.3, -0.25) is 0 Å². The lowest BCUT2D eigenvalue weighted by Gasteiger charge is -2.59. The molecule has 2 atom stereocenters. The topological polar surface area (TPSA) is 0 Å². The third kappa shape index (κ3) is 1.00. The molecule has 0 aromatic heterocycles. The van der Waals surface area contributed by atoms with Crippen molar-refractivity contribution in [2.45, 2.75) is 51.4 Å². The summed E-state index contributed by atoms with van der Waals surface area (Å²) in [4.78, 5) is 0.